The Morgan fingerprint density at radius 2 is 1.95 bits per heavy atom. The van der Waals surface area contributed by atoms with Gasteiger partial charge in [0, 0.05) is 12.6 Å². The highest BCUT2D eigenvalue weighted by atomic mass is 16.4. The second-order valence-corrected chi connectivity index (χ2v) is 6.94. The third-order valence-electron chi connectivity index (χ3n) is 5.33. The van der Waals surface area contributed by atoms with Crippen LogP contribution in [-0.2, 0) is 9.59 Å². The lowest BCUT2D eigenvalue weighted by molar-refractivity contribution is -0.146. The Hall–Kier alpha value is -1.10. The molecule has 1 aliphatic heterocycles. The number of carboxylic acids is 1. The fraction of sp³-hybridized carbons (Fsp3) is 0.875. The van der Waals surface area contributed by atoms with E-state index in [1.165, 1.54) is 0 Å². The molecule has 2 rings (SSSR count). The zero-order chi connectivity index (χ0) is 15.6. The lowest BCUT2D eigenvalue weighted by Gasteiger charge is -2.36. The summed E-state index contributed by atoms with van der Waals surface area (Å²) in [7, 11) is 2.10. The molecule has 0 aromatic heterocycles. The Morgan fingerprint density at radius 1 is 1.29 bits per heavy atom. The Balaban J connectivity index is 1.97. The molecule has 3 unspecified atom stereocenters. The van der Waals surface area contributed by atoms with Crippen LogP contribution in [0.5, 0.6) is 0 Å². The molecule has 0 aromatic carbocycles. The number of likely N-dealkylation sites (tertiary alicyclic amines) is 1. The molecule has 1 heterocycles. The molecule has 0 radical (unpaired) electrons. The average molecular weight is 296 g/mol. The van der Waals surface area contributed by atoms with E-state index in [1.807, 2.05) is 0 Å². The summed E-state index contributed by atoms with van der Waals surface area (Å²) in [5.41, 5.74) is 0. The van der Waals surface area contributed by atoms with Crippen LogP contribution in [0, 0.1) is 23.7 Å². The average Bonchev–Trinajstić information content (AvgIpc) is 2.86. The molecule has 5 heteroatoms. The van der Waals surface area contributed by atoms with Gasteiger partial charge in [-0.05, 0) is 44.7 Å². The summed E-state index contributed by atoms with van der Waals surface area (Å²) < 4.78 is 0. The largest absolute Gasteiger partial charge is 0.481 e. The fourth-order valence-electron chi connectivity index (χ4n) is 3.90. The predicted octanol–water partition coefficient (Wildman–Crippen LogP) is 1.58. The maximum absolute atomic E-state index is 12.5. The van der Waals surface area contributed by atoms with Crippen LogP contribution in [-0.4, -0.2) is 48.1 Å². The Morgan fingerprint density at radius 3 is 2.52 bits per heavy atom. The number of piperidine rings is 1. The molecule has 0 aromatic rings. The molecule has 1 saturated heterocycles. The number of nitrogens with one attached hydrogen (secondary N) is 1. The Kier molecular flexibility index (Phi) is 5.25. The van der Waals surface area contributed by atoms with Crippen LogP contribution in [0.15, 0.2) is 0 Å². The van der Waals surface area contributed by atoms with E-state index in [4.69, 9.17) is 0 Å². The summed E-state index contributed by atoms with van der Waals surface area (Å²) in [6.07, 6.45) is 3.27. The van der Waals surface area contributed by atoms with Crippen molar-refractivity contribution in [3.8, 4) is 0 Å². The van der Waals surface area contributed by atoms with E-state index in [1.54, 1.807) is 0 Å². The highest BCUT2D eigenvalue weighted by Gasteiger charge is 2.42. The molecule has 5 nitrogen and oxygen atoms in total. The first-order chi connectivity index (χ1) is 9.92. The number of rotatable bonds is 4. The van der Waals surface area contributed by atoms with Crippen molar-refractivity contribution in [2.24, 2.45) is 23.7 Å². The zero-order valence-corrected chi connectivity index (χ0v) is 13.3. The quantitative estimate of drug-likeness (QED) is 0.826. The highest BCUT2D eigenvalue weighted by Crippen LogP contribution is 2.38. The molecule has 1 saturated carbocycles. The minimum atomic E-state index is -0.817. The van der Waals surface area contributed by atoms with Crippen molar-refractivity contribution in [2.75, 3.05) is 20.1 Å². The van der Waals surface area contributed by atoms with Crippen molar-refractivity contribution in [1.82, 2.24) is 10.2 Å². The zero-order valence-electron chi connectivity index (χ0n) is 13.3. The standard InChI is InChI=1S/C16H28N2O3/c1-4-11-7-12(13(8-11)16(20)21)15(19)17-14-5-6-18(3)9-10(14)2/h10-14H,4-9H2,1-3H3,(H,17,19)(H,20,21)/t10?,11?,12-,13+,14?/m0/s1. The van der Waals surface area contributed by atoms with Gasteiger partial charge in [0.25, 0.3) is 0 Å². The third kappa shape index (κ3) is 3.76. The monoisotopic (exact) mass is 296 g/mol. The number of aliphatic carboxylic acids is 1. The topological polar surface area (TPSA) is 69.6 Å². The van der Waals surface area contributed by atoms with Crippen molar-refractivity contribution < 1.29 is 14.7 Å². The number of hydrogen-bond donors (Lipinski definition) is 2. The van der Waals surface area contributed by atoms with Gasteiger partial charge in [-0.15, -0.1) is 0 Å². The van der Waals surface area contributed by atoms with Gasteiger partial charge in [0.15, 0.2) is 0 Å². The van der Waals surface area contributed by atoms with E-state index in [-0.39, 0.29) is 17.9 Å². The van der Waals surface area contributed by atoms with Gasteiger partial charge in [0.1, 0.15) is 0 Å². The van der Waals surface area contributed by atoms with Gasteiger partial charge in [-0.3, -0.25) is 9.59 Å². The summed E-state index contributed by atoms with van der Waals surface area (Å²) >= 11 is 0. The molecule has 5 atom stereocenters. The lowest BCUT2D eigenvalue weighted by atomic mass is 9.91. The number of amides is 1. The molecule has 120 valence electrons. The van der Waals surface area contributed by atoms with Crippen molar-refractivity contribution >= 4 is 11.9 Å². The van der Waals surface area contributed by atoms with E-state index >= 15 is 0 Å². The number of carbonyl (C=O) groups is 2. The van der Waals surface area contributed by atoms with Crippen LogP contribution >= 0.6 is 0 Å². The SMILES string of the molecule is CCC1C[C@H](C(=O)NC2CCN(C)CC2C)[C@H](C(=O)O)C1. The summed E-state index contributed by atoms with van der Waals surface area (Å²) in [4.78, 5) is 26.2. The summed E-state index contributed by atoms with van der Waals surface area (Å²) in [6, 6.07) is 0.184. The first-order valence-corrected chi connectivity index (χ1v) is 8.14. The molecule has 2 fully saturated rings. The third-order valence-corrected chi connectivity index (χ3v) is 5.33. The predicted molar refractivity (Wildman–Crippen MR) is 80.8 cm³/mol. The maximum atomic E-state index is 12.5. The highest BCUT2D eigenvalue weighted by molar-refractivity contribution is 5.85. The van der Waals surface area contributed by atoms with E-state index in [2.05, 4.69) is 31.1 Å². The van der Waals surface area contributed by atoms with Gasteiger partial charge >= 0.3 is 5.97 Å². The minimum absolute atomic E-state index is 0.0419. The second-order valence-electron chi connectivity index (χ2n) is 6.94. The molecule has 1 aliphatic carbocycles. The number of hydrogen-bond acceptors (Lipinski definition) is 3. The van der Waals surface area contributed by atoms with E-state index in [0.29, 0.717) is 18.3 Å². The molecule has 0 spiro atoms. The normalized spacial score (nSPS) is 37.4. The van der Waals surface area contributed by atoms with Crippen molar-refractivity contribution in [3.05, 3.63) is 0 Å². The van der Waals surface area contributed by atoms with Crippen LogP contribution in [0.1, 0.15) is 39.5 Å². The summed E-state index contributed by atoms with van der Waals surface area (Å²) in [6.45, 7) is 6.19. The summed E-state index contributed by atoms with van der Waals surface area (Å²) in [5, 5.41) is 12.5. The minimum Gasteiger partial charge on any atom is -0.481 e. The van der Waals surface area contributed by atoms with Crippen LogP contribution in [0.4, 0.5) is 0 Å². The summed E-state index contributed by atoms with van der Waals surface area (Å²) in [5.74, 6) is -0.922. The first kappa shape index (κ1) is 16.3. The van der Waals surface area contributed by atoms with Crippen LogP contribution in [0.25, 0.3) is 0 Å². The fourth-order valence-corrected chi connectivity index (χ4v) is 3.90. The number of carboxylic acid groups (broad SMARTS) is 1. The Labute approximate surface area is 127 Å². The molecular formula is C16H28N2O3. The smallest absolute Gasteiger partial charge is 0.307 e. The van der Waals surface area contributed by atoms with Crippen molar-refractivity contribution in [2.45, 2.75) is 45.6 Å². The number of carbonyl (C=O) groups excluding carboxylic acids is 1. The maximum Gasteiger partial charge on any atom is 0.307 e. The van der Waals surface area contributed by atoms with E-state index in [9.17, 15) is 14.7 Å². The molecule has 2 N–H and O–H groups in total. The molecule has 2 aliphatic rings. The van der Waals surface area contributed by atoms with Crippen molar-refractivity contribution in [1.29, 1.82) is 0 Å². The van der Waals surface area contributed by atoms with Gasteiger partial charge in [-0.2, -0.15) is 0 Å². The van der Waals surface area contributed by atoms with Crippen LogP contribution in [0.3, 0.4) is 0 Å². The van der Waals surface area contributed by atoms with Gasteiger partial charge in [-0.25, -0.2) is 0 Å². The molecule has 21 heavy (non-hydrogen) atoms. The van der Waals surface area contributed by atoms with Gasteiger partial charge in [0.05, 0.1) is 11.8 Å². The molecule has 0 bridgehead atoms. The lowest BCUT2D eigenvalue weighted by Crippen LogP contribution is -2.50. The van der Waals surface area contributed by atoms with Gasteiger partial charge in [-0.1, -0.05) is 20.3 Å². The Bertz CT molecular complexity index is 399. The van der Waals surface area contributed by atoms with Gasteiger partial charge in [0.2, 0.25) is 5.91 Å². The van der Waals surface area contributed by atoms with Crippen molar-refractivity contribution in [3.63, 3.8) is 0 Å². The first-order valence-electron chi connectivity index (χ1n) is 8.14. The van der Waals surface area contributed by atoms with Crippen LogP contribution in [0.2, 0.25) is 0 Å². The second kappa shape index (κ2) is 6.77. The van der Waals surface area contributed by atoms with Gasteiger partial charge < -0.3 is 15.3 Å². The molecule has 1 amide bonds. The van der Waals surface area contributed by atoms with E-state index < -0.39 is 11.9 Å². The van der Waals surface area contributed by atoms with E-state index in [0.717, 1.165) is 32.4 Å². The molecular weight excluding hydrogens is 268 g/mol. The number of nitrogens with zero attached hydrogens (tertiary/aromatic N) is 1. The van der Waals surface area contributed by atoms with Crippen LogP contribution < -0.4 is 5.32 Å².